The summed E-state index contributed by atoms with van der Waals surface area (Å²) in [4.78, 5) is 0. The summed E-state index contributed by atoms with van der Waals surface area (Å²) in [6.45, 7) is 2.85. The largest absolute Gasteiger partial charge is 0.488 e. The minimum atomic E-state index is -1.54. The maximum atomic E-state index is 13.4. The predicted molar refractivity (Wildman–Crippen MR) is 50.4 cm³/mol. The number of hydrogen-bond acceptors (Lipinski definition) is 2. The Labute approximate surface area is 77.2 Å². The molecule has 0 aliphatic carbocycles. The quantitative estimate of drug-likeness (QED) is 0.656. The van der Waals surface area contributed by atoms with E-state index in [2.05, 4.69) is 0 Å². The van der Waals surface area contributed by atoms with Gasteiger partial charge in [-0.2, -0.15) is 0 Å². The zero-order chi connectivity index (χ0) is 10.1. The fourth-order valence-corrected chi connectivity index (χ4v) is 1.07. The Morgan fingerprint density at radius 1 is 1.31 bits per heavy atom. The van der Waals surface area contributed by atoms with Crippen LogP contribution < -0.4 is 5.46 Å². The second kappa shape index (κ2) is 3.48. The van der Waals surface area contributed by atoms with Crippen molar-refractivity contribution in [1.82, 2.24) is 0 Å². The van der Waals surface area contributed by atoms with Crippen molar-refractivity contribution in [3.63, 3.8) is 0 Å². The number of halogens is 1. The lowest BCUT2D eigenvalue weighted by Crippen LogP contribution is -2.30. The van der Waals surface area contributed by atoms with Gasteiger partial charge in [-0.1, -0.05) is 24.3 Å². The molecule has 70 valence electrons. The fourth-order valence-electron chi connectivity index (χ4n) is 1.07. The van der Waals surface area contributed by atoms with Crippen LogP contribution in [0.1, 0.15) is 19.4 Å². The summed E-state index contributed by atoms with van der Waals surface area (Å²) < 4.78 is 13.4. The average Bonchev–Trinajstić information content (AvgIpc) is 2.03. The molecular formula is C9H12BFO2. The second-order valence-corrected chi connectivity index (χ2v) is 3.47. The van der Waals surface area contributed by atoms with Crippen molar-refractivity contribution in [3.05, 3.63) is 29.8 Å². The maximum absolute atomic E-state index is 13.4. The highest BCUT2D eigenvalue weighted by Gasteiger charge is 2.20. The first-order chi connectivity index (χ1) is 5.91. The summed E-state index contributed by atoms with van der Waals surface area (Å²) >= 11 is 0. The highest BCUT2D eigenvalue weighted by Crippen LogP contribution is 2.22. The predicted octanol–water partition coefficient (Wildman–Crippen LogP) is 0.571. The molecule has 0 amide bonds. The van der Waals surface area contributed by atoms with Crippen LogP contribution in [0.2, 0.25) is 0 Å². The minimum Gasteiger partial charge on any atom is -0.423 e. The third kappa shape index (κ3) is 2.54. The Hall–Kier alpha value is -0.865. The van der Waals surface area contributed by atoms with Crippen molar-refractivity contribution in [3.8, 4) is 0 Å². The van der Waals surface area contributed by atoms with E-state index in [1.54, 1.807) is 18.2 Å². The molecule has 0 aliphatic heterocycles. The summed E-state index contributed by atoms with van der Waals surface area (Å²) in [7, 11) is -1.54. The first-order valence-corrected chi connectivity index (χ1v) is 4.07. The van der Waals surface area contributed by atoms with E-state index in [-0.39, 0.29) is 0 Å². The molecule has 2 N–H and O–H groups in total. The van der Waals surface area contributed by atoms with Crippen molar-refractivity contribution in [2.45, 2.75) is 19.5 Å². The number of alkyl halides is 1. The third-order valence-electron chi connectivity index (χ3n) is 1.87. The lowest BCUT2D eigenvalue weighted by molar-refractivity contribution is 0.221. The maximum Gasteiger partial charge on any atom is 0.488 e. The normalized spacial score (nSPS) is 11.5. The highest BCUT2D eigenvalue weighted by molar-refractivity contribution is 6.58. The van der Waals surface area contributed by atoms with Crippen LogP contribution in [0.4, 0.5) is 4.39 Å². The van der Waals surface area contributed by atoms with E-state index in [1.807, 2.05) is 0 Å². The van der Waals surface area contributed by atoms with Crippen LogP contribution in [-0.4, -0.2) is 17.2 Å². The molecule has 0 heterocycles. The Morgan fingerprint density at radius 3 is 2.38 bits per heavy atom. The lowest BCUT2D eigenvalue weighted by Gasteiger charge is -2.15. The van der Waals surface area contributed by atoms with Crippen LogP contribution >= 0.6 is 0 Å². The summed E-state index contributed by atoms with van der Waals surface area (Å²) in [6, 6.07) is 6.21. The molecule has 1 rings (SSSR count). The molecule has 0 fully saturated rings. The van der Waals surface area contributed by atoms with Gasteiger partial charge in [0.1, 0.15) is 5.67 Å². The van der Waals surface area contributed by atoms with Gasteiger partial charge in [0.25, 0.3) is 0 Å². The Balaban J connectivity index is 3.06. The molecule has 0 saturated heterocycles. The highest BCUT2D eigenvalue weighted by atomic mass is 19.1. The van der Waals surface area contributed by atoms with Gasteiger partial charge in [0.2, 0.25) is 0 Å². The van der Waals surface area contributed by atoms with Crippen molar-refractivity contribution < 1.29 is 14.4 Å². The van der Waals surface area contributed by atoms with Gasteiger partial charge in [-0.15, -0.1) is 0 Å². The molecule has 0 aromatic heterocycles. The van der Waals surface area contributed by atoms with E-state index < -0.39 is 12.8 Å². The molecule has 0 radical (unpaired) electrons. The monoisotopic (exact) mass is 182 g/mol. The van der Waals surface area contributed by atoms with Crippen LogP contribution in [0.5, 0.6) is 0 Å². The SMILES string of the molecule is CC(C)(F)c1cccc(B(O)O)c1. The van der Waals surface area contributed by atoms with E-state index in [9.17, 15) is 4.39 Å². The molecule has 13 heavy (non-hydrogen) atoms. The van der Waals surface area contributed by atoms with Gasteiger partial charge in [0.05, 0.1) is 0 Å². The molecule has 0 atom stereocenters. The molecule has 1 aromatic carbocycles. The summed E-state index contributed by atoms with van der Waals surface area (Å²) in [5, 5.41) is 17.7. The van der Waals surface area contributed by atoms with Crippen molar-refractivity contribution >= 4 is 12.6 Å². The Bertz CT molecular complexity index is 294. The fraction of sp³-hybridized carbons (Fsp3) is 0.333. The van der Waals surface area contributed by atoms with Crippen molar-refractivity contribution in [2.24, 2.45) is 0 Å². The Morgan fingerprint density at radius 2 is 1.92 bits per heavy atom. The van der Waals surface area contributed by atoms with E-state index in [4.69, 9.17) is 10.0 Å². The Kier molecular flexibility index (Phi) is 2.73. The van der Waals surface area contributed by atoms with E-state index in [0.717, 1.165) is 0 Å². The van der Waals surface area contributed by atoms with Gasteiger partial charge in [0, 0.05) is 0 Å². The van der Waals surface area contributed by atoms with Crippen LogP contribution in [0.25, 0.3) is 0 Å². The zero-order valence-electron chi connectivity index (χ0n) is 7.66. The first kappa shape index (κ1) is 10.2. The van der Waals surface area contributed by atoms with Gasteiger partial charge in [-0.25, -0.2) is 4.39 Å². The first-order valence-electron chi connectivity index (χ1n) is 4.07. The lowest BCUT2D eigenvalue weighted by atomic mass is 9.78. The standard InChI is InChI=1S/C9H12BFO2/c1-9(2,11)7-4-3-5-8(6-7)10(12)13/h3-6,12-13H,1-2H3. The molecule has 0 saturated carbocycles. The number of benzene rings is 1. The van der Waals surface area contributed by atoms with Gasteiger partial charge in [-0.05, 0) is 24.9 Å². The summed E-state index contributed by atoms with van der Waals surface area (Å²) in [6.07, 6.45) is 0. The summed E-state index contributed by atoms with van der Waals surface area (Å²) in [5.74, 6) is 0. The molecule has 0 aliphatic rings. The van der Waals surface area contributed by atoms with Crippen LogP contribution in [0, 0.1) is 0 Å². The van der Waals surface area contributed by atoms with Crippen LogP contribution in [0.3, 0.4) is 0 Å². The third-order valence-corrected chi connectivity index (χ3v) is 1.87. The van der Waals surface area contributed by atoms with Crippen molar-refractivity contribution in [2.75, 3.05) is 0 Å². The van der Waals surface area contributed by atoms with E-state index in [1.165, 1.54) is 19.9 Å². The van der Waals surface area contributed by atoms with Gasteiger partial charge in [0.15, 0.2) is 0 Å². The van der Waals surface area contributed by atoms with E-state index >= 15 is 0 Å². The molecule has 4 heteroatoms. The minimum absolute atomic E-state index is 0.309. The molecule has 0 bridgehead atoms. The van der Waals surface area contributed by atoms with E-state index in [0.29, 0.717) is 11.0 Å². The van der Waals surface area contributed by atoms with Crippen molar-refractivity contribution in [1.29, 1.82) is 0 Å². The molecular weight excluding hydrogens is 170 g/mol. The molecule has 2 nitrogen and oxygen atoms in total. The van der Waals surface area contributed by atoms with Gasteiger partial charge < -0.3 is 10.0 Å². The zero-order valence-corrected chi connectivity index (χ0v) is 7.66. The number of hydrogen-bond donors (Lipinski definition) is 2. The van der Waals surface area contributed by atoms with Crippen LogP contribution in [-0.2, 0) is 5.67 Å². The molecule has 1 aromatic rings. The van der Waals surface area contributed by atoms with Crippen LogP contribution in [0.15, 0.2) is 24.3 Å². The van der Waals surface area contributed by atoms with Gasteiger partial charge in [-0.3, -0.25) is 0 Å². The summed E-state index contributed by atoms with van der Waals surface area (Å²) in [5.41, 5.74) is -0.702. The smallest absolute Gasteiger partial charge is 0.423 e. The topological polar surface area (TPSA) is 40.5 Å². The molecule has 0 unspecified atom stereocenters. The van der Waals surface area contributed by atoms with Gasteiger partial charge >= 0.3 is 7.12 Å². The molecule has 0 spiro atoms. The second-order valence-electron chi connectivity index (χ2n) is 3.47. The average molecular weight is 182 g/mol. The number of rotatable bonds is 2.